The number of aryl methyl sites for hydroxylation is 1. The van der Waals surface area contributed by atoms with Gasteiger partial charge in [0.05, 0.1) is 6.04 Å². The predicted octanol–water partition coefficient (Wildman–Crippen LogP) is 4.36. The number of hydrogen-bond donors (Lipinski definition) is 1. The summed E-state index contributed by atoms with van der Waals surface area (Å²) < 4.78 is 5.48. The molecule has 0 aliphatic heterocycles. The molecule has 2 rings (SSSR count). The van der Waals surface area contributed by atoms with Crippen LogP contribution in [0.4, 0.5) is 0 Å². The van der Waals surface area contributed by atoms with E-state index in [1.165, 1.54) is 5.56 Å². The average molecular weight is 425 g/mol. The zero-order valence-electron chi connectivity index (χ0n) is 19.0. The second-order valence-electron chi connectivity index (χ2n) is 8.26. The number of hydrogen-bond acceptors (Lipinski definition) is 4. The van der Waals surface area contributed by atoms with E-state index >= 15 is 0 Å². The zero-order chi connectivity index (χ0) is 22.5. The number of benzene rings is 2. The van der Waals surface area contributed by atoms with Gasteiger partial charge in [0.25, 0.3) is 0 Å². The van der Waals surface area contributed by atoms with Gasteiger partial charge in [0, 0.05) is 6.42 Å². The molecule has 2 unspecified atom stereocenters. The maximum atomic E-state index is 12.6. The van der Waals surface area contributed by atoms with Gasteiger partial charge in [-0.05, 0) is 51.4 Å². The summed E-state index contributed by atoms with van der Waals surface area (Å²) in [4.78, 5) is 26.8. The molecule has 0 bridgehead atoms. The van der Waals surface area contributed by atoms with Gasteiger partial charge in [-0.25, -0.2) is 0 Å². The van der Waals surface area contributed by atoms with Gasteiger partial charge < -0.3 is 10.1 Å². The predicted molar refractivity (Wildman–Crippen MR) is 125 cm³/mol. The fourth-order valence-electron chi connectivity index (χ4n) is 3.69. The summed E-state index contributed by atoms with van der Waals surface area (Å²) in [5.74, 6) is -0.346. The van der Waals surface area contributed by atoms with Crippen LogP contribution >= 0.6 is 0 Å². The number of nitrogens with one attached hydrogen (secondary N) is 1. The molecular weight excluding hydrogens is 388 g/mol. The minimum atomic E-state index is -0.529. The fraction of sp³-hybridized carbons (Fsp3) is 0.462. The van der Waals surface area contributed by atoms with Crippen molar-refractivity contribution in [1.82, 2.24) is 10.2 Å². The smallest absolute Gasteiger partial charge is 0.325 e. The van der Waals surface area contributed by atoms with Crippen LogP contribution in [0.15, 0.2) is 60.7 Å². The first kappa shape index (κ1) is 24.6. The van der Waals surface area contributed by atoms with Crippen molar-refractivity contribution in [2.24, 2.45) is 0 Å². The molecule has 1 N–H and O–H groups in total. The monoisotopic (exact) mass is 424 g/mol. The number of likely N-dealkylation sites (N-methyl/N-ethyl adjacent to an activating group) is 1. The second kappa shape index (κ2) is 13.6. The molecule has 5 heteroatoms. The Morgan fingerprint density at radius 3 is 2.06 bits per heavy atom. The van der Waals surface area contributed by atoms with Crippen LogP contribution in [-0.4, -0.2) is 43.0 Å². The molecule has 0 fully saturated rings. The van der Waals surface area contributed by atoms with E-state index in [1.807, 2.05) is 57.4 Å². The fourth-order valence-corrected chi connectivity index (χ4v) is 3.69. The quantitative estimate of drug-likeness (QED) is 0.383. The van der Waals surface area contributed by atoms with E-state index in [2.05, 4.69) is 29.6 Å². The van der Waals surface area contributed by atoms with E-state index in [1.54, 1.807) is 4.90 Å². The average Bonchev–Trinajstić information content (AvgIpc) is 2.76. The lowest BCUT2D eigenvalue weighted by Crippen LogP contribution is -2.52. The normalized spacial score (nSPS) is 12.9. The Morgan fingerprint density at radius 2 is 1.45 bits per heavy atom. The molecule has 0 radical (unpaired) electrons. The minimum Gasteiger partial charge on any atom is -0.460 e. The summed E-state index contributed by atoms with van der Waals surface area (Å²) in [5, 5.41) is 2.98. The van der Waals surface area contributed by atoms with Gasteiger partial charge in [-0.3, -0.25) is 14.5 Å². The van der Waals surface area contributed by atoms with Crippen LogP contribution in [0.2, 0.25) is 0 Å². The minimum absolute atomic E-state index is 0.0155. The highest BCUT2D eigenvalue weighted by Crippen LogP contribution is 2.10. The molecule has 0 aromatic heterocycles. The first-order chi connectivity index (χ1) is 15.0. The maximum absolute atomic E-state index is 12.6. The number of ether oxygens (including phenoxy) is 1. The van der Waals surface area contributed by atoms with Gasteiger partial charge in [0.1, 0.15) is 12.6 Å². The molecular formula is C26H36N2O3. The van der Waals surface area contributed by atoms with Gasteiger partial charge in [-0.15, -0.1) is 0 Å². The first-order valence-corrected chi connectivity index (χ1v) is 11.2. The van der Waals surface area contributed by atoms with E-state index in [0.29, 0.717) is 6.42 Å². The Kier molecular flexibility index (Phi) is 10.8. The van der Waals surface area contributed by atoms with Crippen LogP contribution in [0.25, 0.3) is 0 Å². The topological polar surface area (TPSA) is 58.6 Å². The largest absolute Gasteiger partial charge is 0.460 e. The van der Waals surface area contributed by atoms with Crippen molar-refractivity contribution in [2.75, 3.05) is 14.1 Å². The molecule has 31 heavy (non-hydrogen) atoms. The summed E-state index contributed by atoms with van der Waals surface area (Å²) in [6, 6.07) is 19.2. The Hall–Kier alpha value is -2.66. The number of esters is 1. The summed E-state index contributed by atoms with van der Waals surface area (Å²) in [5.41, 5.74) is 2.31. The molecule has 0 spiro atoms. The molecule has 2 atom stereocenters. The Balaban J connectivity index is 1.67. The van der Waals surface area contributed by atoms with E-state index in [-0.39, 0.29) is 24.5 Å². The highest BCUT2D eigenvalue weighted by atomic mass is 16.5. The summed E-state index contributed by atoms with van der Waals surface area (Å²) in [7, 11) is 3.65. The van der Waals surface area contributed by atoms with Gasteiger partial charge in [-0.1, -0.05) is 73.5 Å². The van der Waals surface area contributed by atoms with Crippen LogP contribution in [0.3, 0.4) is 0 Å². The molecule has 0 heterocycles. The van der Waals surface area contributed by atoms with E-state index < -0.39 is 6.04 Å². The number of carbonyl (C=O) groups excluding carboxylic acids is 2. The van der Waals surface area contributed by atoms with Crippen LogP contribution in [0, 0.1) is 0 Å². The van der Waals surface area contributed by atoms with Gasteiger partial charge in [0.2, 0.25) is 5.91 Å². The van der Waals surface area contributed by atoms with Crippen LogP contribution in [0.5, 0.6) is 0 Å². The molecule has 1 amide bonds. The van der Waals surface area contributed by atoms with E-state index in [9.17, 15) is 9.59 Å². The SMILES string of the molecule is CC(NC(=O)CCCCCCc1ccccc1)C(C(=O)OCc1ccccc1)N(C)C. The third kappa shape index (κ3) is 9.35. The molecule has 0 aliphatic carbocycles. The van der Waals surface area contributed by atoms with E-state index in [0.717, 1.165) is 37.7 Å². The third-order valence-electron chi connectivity index (χ3n) is 5.35. The van der Waals surface area contributed by atoms with Crippen molar-refractivity contribution in [3.8, 4) is 0 Å². The highest BCUT2D eigenvalue weighted by Gasteiger charge is 2.29. The lowest BCUT2D eigenvalue weighted by Gasteiger charge is -2.28. The lowest BCUT2D eigenvalue weighted by atomic mass is 10.0. The highest BCUT2D eigenvalue weighted by molar-refractivity contribution is 5.80. The number of unbranched alkanes of at least 4 members (excludes halogenated alkanes) is 3. The van der Waals surface area contributed by atoms with Crippen molar-refractivity contribution in [3.05, 3.63) is 71.8 Å². The van der Waals surface area contributed by atoms with Crippen molar-refractivity contribution >= 4 is 11.9 Å². The third-order valence-corrected chi connectivity index (χ3v) is 5.35. The zero-order valence-corrected chi connectivity index (χ0v) is 19.0. The number of nitrogens with zero attached hydrogens (tertiary/aromatic N) is 1. The molecule has 5 nitrogen and oxygen atoms in total. The number of amides is 1. The number of rotatable bonds is 13. The standard InChI is InChI=1S/C26H36N2O3/c1-21(25(28(2)3)26(30)31-20-23-17-11-7-12-18-23)27-24(29)19-13-5-4-8-14-22-15-9-6-10-16-22/h6-7,9-12,15-18,21,25H,4-5,8,13-14,19-20H2,1-3H3,(H,27,29). The van der Waals surface area contributed by atoms with Crippen LogP contribution in [0.1, 0.15) is 50.2 Å². The summed E-state index contributed by atoms with van der Waals surface area (Å²) >= 11 is 0. The van der Waals surface area contributed by atoms with Crippen LogP contribution < -0.4 is 5.32 Å². The molecule has 0 aliphatic rings. The maximum Gasteiger partial charge on any atom is 0.325 e. The van der Waals surface area contributed by atoms with Gasteiger partial charge >= 0.3 is 5.97 Å². The Bertz CT molecular complexity index is 778. The van der Waals surface area contributed by atoms with E-state index in [4.69, 9.17) is 4.74 Å². The first-order valence-electron chi connectivity index (χ1n) is 11.2. The molecule has 2 aromatic carbocycles. The Labute approximate surface area is 186 Å². The van der Waals surface area contributed by atoms with Crippen LogP contribution in [-0.2, 0) is 27.4 Å². The van der Waals surface area contributed by atoms with Gasteiger partial charge in [0.15, 0.2) is 0 Å². The van der Waals surface area contributed by atoms with Gasteiger partial charge in [-0.2, -0.15) is 0 Å². The number of carbonyl (C=O) groups is 2. The molecule has 0 saturated heterocycles. The second-order valence-corrected chi connectivity index (χ2v) is 8.26. The van der Waals surface area contributed by atoms with Crippen molar-refractivity contribution in [1.29, 1.82) is 0 Å². The Morgan fingerprint density at radius 1 is 0.871 bits per heavy atom. The van der Waals surface area contributed by atoms with Crippen molar-refractivity contribution < 1.29 is 14.3 Å². The molecule has 0 saturated carbocycles. The van der Waals surface area contributed by atoms with Crippen molar-refractivity contribution in [3.63, 3.8) is 0 Å². The van der Waals surface area contributed by atoms with Crippen molar-refractivity contribution in [2.45, 2.75) is 64.1 Å². The molecule has 168 valence electrons. The summed E-state index contributed by atoms with van der Waals surface area (Å²) in [6.45, 7) is 2.08. The summed E-state index contributed by atoms with van der Waals surface area (Å²) in [6.07, 6.45) is 5.71. The lowest BCUT2D eigenvalue weighted by molar-refractivity contribution is -0.151. The molecule has 2 aromatic rings.